The van der Waals surface area contributed by atoms with Gasteiger partial charge in [0.15, 0.2) is 0 Å². The quantitative estimate of drug-likeness (QED) is 0.453. The Bertz CT molecular complexity index is 56.9. The van der Waals surface area contributed by atoms with Crippen LogP contribution in [0.2, 0.25) is 0 Å². The van der Waals surface area contributed by atoms with Gasteiger partial charge >= 0.3 is 0 Å². The molecule has 2 heteroatoms. The lowest BCUT2D eigenvalue weighted by Gasteiger charge is -2.09. The number of hydrogen-bond acceptors (Lipinski definition) is 2. The first-order chi connectivity index (χ1) is 4.31. The van der Waals surface area contributed by atoms with Gasteiger partial charge in [-0.25, -0.2) is 5.48 Å². The van der Waals surface area contributed by atoms with Crippen molar-refractivity contribution in [3.8, 4) is 0 Å². The Hall–Kier alpha value is -0.0800. The van der Waals surface area contributed by atoms with Crippen molar-refractivity contribution in [3.05, 3.63) is 0 Å². The molecule has 0 saturated carbocycles. The summed E-state index contributed by atoms with van der Waals surface area (Å²) in [6, 6.07) is 0. The first kappa shape index (κ1) is 8.92. The van der Waals surface area contributed by atoms with Crippen LogP contribution in [-0.2, 0) is 4.84 Å². The predicted octanol–water partition coefficient (Wildman–Crippen LogP) is 1.72. The smallest absolute Gasteiger partial charge is 0.0759 e. The van der Waals surface area contributed by atoms with E-state index in [0.717, 1.165) is 19.4 Å². The van der Waals surface area contributed by atoms with E-state index in [1.807, 2.05) is 0 Å². The Balaban J connectivity index is 2.88. The molecule has 0 spiro atoms. The van der Waals surface area contributed by atoms with Gasteiger partial charge < -0.3 is 0 Å². The predicted molar refractivity (Wildman–Crippen MR) is 39.1 cm³/mol. The van der Waals surface area contributed by atoms with Gasteiger partial charge in [-0.2, -0.15) is 0 Å². The van der Waals surface area contributed by atoms with Crippen LogP contribution < -0.4 is 5.48 Å². The summed E-state index contributed by atoms with van der Waals surface area (Å²) in [5.74, 6) is 0. The minimum atomic E-state index is 0.344. The highest BCUT2D eigenvalue weighted by atomic mass is 16.7. The summed E-state index contributed by atoms with van der Waals surface area (Å²) in [6.45, 7) is 7.23. The Morgan fingerprint density at radius 2 is 2.11 bits per heavy atom. The van der Waals surface area contributed by atoms with Crippen LogP contribution >= 0.6 is 0 Å². The molecule has 0 fully saturated rings. The third kappa shape index (κ3) is 5.80. The Kier molecular flexibility index (Phi) is 5.99. The van der Waals surface area contributed by atoms with E-state index >= 15 is 0 Å². The van der Waals surface area contributed by atoms with E-state index in [4.69, 9.17) is 4.84 Å². The molecule has 0 radical (unpaired) electrons. The van der Waals surface area contributed by atoms with E-state index in [0.29, 0.717) is 6.10 Å². The molecular formula is C7H17NO. The monoisotopic (exact) mass is 131 g/mol. The van der Waals surface area contributed by atoms with Gasteiger partial charge in [-0.1, -0.05) is 13.8 Å². The van der Waals surface area contributed by atoms with Gasteiger partial charge in [0.2, 0.25) is 0 Å². The molecule has 1 unspecified atom stereocenters. The van der Waals surface area contributed by atoms with Gasteiger partial charge in [-0.3, -0.25) is 4.84 Å². The van der Waals surface area contributed by atoms with E-state index in [-0.39, 0.29) is 0 Å². The Morgan fingerprint density at radius 3 is 2.56 bits per heavy atom. The zero-order chi connectivity index (χ0) is 7.11. The normalized spacial score (nSPS) is 13.7. The molecule has 0 heterocycles. The van der Waals surface area contributed by atoms with Crippen LogP contribution in [0.25, 0.3) is 0 Å². The molecule has 0 aromatic carbocycles. The molecule has 0 amide bonds. The number of rotatable bonds is 5. The van der Waals surface area contributed by atoms with Crippen molar-refractivity contribution >= 4 is 0 Å². The van der Waals surface area contributed by atoms with Crippen LogP contribution in [0, 0.1) is 0 Å². The van der Waals surface area contributed by atoms with E-state index in [1.165, 1.54) is 0 Å². The van der Waals surface area contributed by atoms with Crippen molar-refractivity contribution in [2.75, 3.05) is 6.54 Å². The van der Waals surface area contributed by atoms with Crippen LogP contribution in [0.3, 0.4) is 0 Å². The number of hydrogen-bond donors (Lipinski definition) is 1. The molecule has 1 N–H and O–H groups in total. The molecule has 0 aliphatic carbocycles. The highest BCUT2D eigenvalue weighted by Gasteiger charge is 1.94. The van der Waals surface area contributed by atoms with Gasteiger partial charge in [0.25, 0.3) is 0 Å². The lowest BCUT2D eigenvalue weighted by atomic mass is 10.3. The fraction of sp³-hybridized carbons (Fsp3) is 1.00. The summed E-state index contributed by atoms with van der Waals surface area (Å²) in [7, 11) is 0. The van der Waals surface area contributed by atoms with Crippen LogP contribution in [-0.4, -0.2) is 12.6 Å². The first-order valence-electron chi connectivity index (χ1n) is 3.69. The molecule has 1 atom stereocenters. The largest absolute Gasteiger partial charge is 0.299 e. The summed E-state index contributed by atoms with van der Waals surface area (Å²) < 4.78 is 0. The second-order valence-electron chi connectivity index (χ2n) is 2.23. The maximum Gasteiger partial charge on any atom is 0.0759 e. The minimum absolute atomic E-state index is 0.344. The van der Waals surface area contributed by atoms with Crippen molar-refractivity contribution < 1.29 is 4.84 Å². The van der Waals surface area contributed by atoms with Crippen LogP contribution in [0.1, 0.15) is 33.6 Å². The molecule has 2 nitrogen and oxygen atoms in total. The third-order valence-corrected chi connectivity index (χ3v) is 1.21. The highest BCUT2D eigenvalue weighted by molar-refractivity contribution is 4.40. The first-order valence-corrected chi connectivity index (χ1v) is 3.69. The van der Waals surface area contributed by atoms with Crippen molar-refractivity contribution in [2.24, 2.45) is 0 Å². The van der Waals surface area contributed by atoms with Crippen molar-refractivity contribution in [1.82, 2.24) is 5.48 Å². The molecule has 0 aromatic rings. The second-order valence-corrected chi connectivity index (χ2v) is 2.23. The van der Waals surface area contributed by atoms with Crippen LogP contribution in [0.15, 0.2) is 0 Å². The van der Waals surface area contributed by atoms with E-state index in [2.05, 4.69) is 26.3 Å². The number of nitrogens with one attached hydrogen (secondary N) is 1. The zero-order valence-electron chi connectivity index (χ0n) is 6.61. The summed E-state index contributed by atoms with van der Waals surface area (Å²) in [6.07, 6.45) is 2.53. The van der Waals surface area contributed by atoms with E-state index in [9.17, 15) is 0 Å². The van der Waals surface area contributed by atoms with Gasteiger partial charge in [-0.15, -0.1) is 0 Å². The fourth-order valence-electron chi connectivity index (χ4n) is 0.387. The maximum absolute atomic E-state index is 5.18. The summed E-state index contributed by atoms with van der Waals surface area (Å²) in [5, 5.41) is 0. The van der Waals surface area contributed by atoms with Crippen molar-refractivity contribution in [1.29, 1.82) is 0 Å². The Morgan fingerprint density at radius 1 is 1.44 bits per heavy atom. The highest BCUT2D eigenvalue weighted by Crippen LogP contribution is 1.91. The standard InChI is InChI=1S/C7H17NO/c1-4-6-8-9-7(3)5-2/h7-8H,4-6H2,1-3H3. The number of hydroxylamine groups is 1. The third-order valence-electron chi connectivity index (χ3n) is 1.21. The van der Waals surface area contributed by atoms with E-state index < -0.39 is 0 Å². The molecule has 56 valence electrons. The second kappa shape index (κ2) is 6.05. The Labute approximate surface area is 57.5 Å². The SMILES string of the molecule is CCCNOC(C)CC. The van der Waals surface area contributed by atoms with E-state index in [1.54, 1.807) is 0 Å². The minimum Gasteiger partial charge on any atom is -0.299 e. The molecule has 0 saturated heterocycles. The fourth-order valence-corrected chi connectivity index (χ4v) is 0.387. The summed E-state index contributed by atoms with van der Waals surface area (Å²) in [5.41, 5.74) is 2.89. The zero-order valence-corrected chi connectivity index (χ0v) is 6.61. The summed E-state index contributed by atoms with van der Waals surface area (Å²) >= 11 is 0. The van der Waals surface area contributed by atoms with Gasteiger partial charge in [-0.05, 0) is 19.8 Å². The van der Waals surface area contributed by atoms with Gasteiger partial charge in [0.05, 0.1) is 6.10 Å². The average molecular weight is 131 g/mol. The molecule has 0 aliphatic rings. The molecule has 0 aromatic heterocycles. The van der Waals surface area contributed by atoms with Crippen molar-refractivity contribution in [3.63, 3.8) is 0 Å². The van der Waals surface area contributed by atoms with Gasteiger partial charge in [0, 0.05) is 6.54 Å². The topological polar surface area (TPSA) is 21.3 Å². The van der Waals surface area contributed by atoms with Crippen molar-refractivity contribution in [2.45, 2.75) is 39.7 Å². The maximum atomic E-state index is 5.18. The lowest BCUT2D eigenvalue weighted by Crippen LogP contribution is -2.21. The van der Waals surface area contributed by atoms with Crippen LogP contribution in [0.4, 0.5) is 0 Å². The van der Waals surface area contributed by atoms with Crippen LogP contribution in [0.5, 0.6) is 0 Å². The molecule has 0 bridgehead atoms. The lowest BCUT2D eigenvalue weighted by molar-refractivity contribution is -0.0160. The average Bonchev–Trinajstić information content (AvgIpc) is 1.89. The van der Waals surface area contributed by atoms with Gasteiger partial charge in [0.1, 0.15) is 0 Å². The molecule has 0 rings (SSSR count). The molecular weight excluding hydrogens is 114 g/mol. The molecule has 9 heavy (non-hydrogen) atoms. The summed E-state index contributed by atoms with van der Waals surface area (Å²) in [4.78, 5) is 5.18. The molecule has 0 aliphatic heterocycles.